The average Bonchev–Trinajstić information content (AvgIpc) is 2.46. The minimum atomic E-state index is 0.635. The Morgan fingerprint density at radius 1 is 1.25 bits per heavy atom. The standard InChI is InChI=1S/C15H31N3O2/c1-5-6-7-8-9-11-18(3)15(16-2)17-10-12-20-14-13-19-4/h5H,1,6-14H2,2-4H3,(H,16,17). The van der Waals surface area contributed by atoms with Crippen molar-refractivity contribution in [3.05, 3.63) is 12.7 Å². The predicted molar refractivity (Wildman–Crippen MR) is 85.4 cm³/mol. The van der Waals surface area contributed by atoms with Gasteiger partial charge in [0.2, 0.25) is 0 Å². The lowest BCUT2D eigenvalue weighted by molar-refractivity contribution is 0.0731. The van der Waals surface area contributed by atoms with Gasteiger partial charge in [-0.3, -0.25) is 4.99 Å². The molecule has 0 unspecified atom stereocenters. The van der Waals surface area contributed by atoms with E-state index in [-0.39, 0.29) is 0 Å². The van der Waals surface area contributed by atoms with Crippen LogP contribution in [0.5, 0.6) is 0 Å². The lowest BCUT2D eigenvalue weighted by Gasteiger charge is -2.22. The van der Waals surface area contributed by atoms with Gasteiger partial charge in [0.25, 0.3) is 0 Å². The number of hydrogen-bond acceptors (Lipinski definition) is 3. The van der Waals surface area contributed by atoms with Crippen molar-refractivity contribution in [1.29, 1.82) is 0 Å². The summed E-state index contributed by atoms with van der Waals surface area (Å²) >= 11 is 0. The number of nitrogens with zero attached hydrogens (tertiary/aromatic N) is 2. The molecular formula is C15H31N3O2. The molecule has 0 bridgehead atoms. The number of nitrogens with one attached hydrogen (secondary N) is 1. The van der Waals surface area contributed by atoms with E-state index in [1.54, 1.807) is 7.11 Å². The van der Waals surface area contributed by atoms with E-state index >= 15 is 0 Å². The molecule has 0 amide bonds. The molecule has 0 aliphatic rings. The molecule has 0 heterocycles. The van der Waals surface area contributed by atoms with Crippen molar-refractivity contribution in [3.63, 3.8) is 0 Å². The van der Waals surface area contributed by atoms with E-state index in [0.29, 0.717) is 19.8 Å². The molecule has 0 radical (unpaired) electrons. The van der Waals surface area contributed by atoms with Crippen molar-refractivity contribution in [2.45, 2.75) is 25.7 Å². The molecule has 5 heteroatoms. The fourth-order valence-electron chi connectivity index (χ4n) is 1.78. The van der Waals surface area contributed by atoms with Crippen LogP contribution >= 0.6 is 0 Å². The van der Waals surface area contributed by atoms with Gasteiger partial charge < -0.3 is 19.7 Å². The number of methoxy groups -OCH3 is 1. The molecule has 0 atom stereocenters. The van der Waals surface area contributed by atoms with Crippen LogP contribution in [0.3, 0.4) is 0 Å². The lowest BCUT2D eigenvalue weighted by Crippen LogP contribution is -2.40. The van der Waals surface area contributed by atoms with E-state index in [1.807, 2.05) is 13.1 Å². The van der Waals surface area contributed by atoms with E-state index in [4.69, 9.17) is 9.47 Å². The van der Waals surface area contributed by atoms with Crippen LogP contribution in [0.15, 0.2) is 17.6 Å². The first-order chi connectivity index (χ1) is 9.76. The summed E-state index contributed by atoms with van der Waals surface area (Å²) in [5.74, 6) is 0.920. The fraction of sp³-hybridized carbons (Fsp3) is 0.800. The van der Waals surface area contributed by atoms with Gasteiger partial charge in [-0.15, -0.1) is 6.58 Å². The van der Waals surface area contributed by atoms with Crippen LogP contribution in [-0.4, -0.2) is 65.0 Å². The van der Waals surface area contributed by atoms with Gasteiger partial charge in [-0.2, -0.15) is 0 Å². The third-order valence-corrected chi connectivity index (χ3v) is 2.94. The number of guanidine groups is 1. The number of allylic oxidation sites excluding steroid dienone is 1. The largest absolute Gasteiger partial charge is 0.382 e. The normalized spacial score (nSPS) is 11.4. The van der Waals surface area contributed by atoms with Gasteiger partial charge >= 0.3 is 0 Å². The molecule has 0 rings (SSSR count). The van der Waals surface area contributed by atoms with Crippen LogP contribution in [-0.2, 0) is 9.47 Å². The Kier molecular flexibility index (Phi) is 13.6. The molecule has 0 aromatic rings. The third-order valence-electron chi connectivity index (χ3n) is 2.94. The second-order valence-corrected chi connectivity index (χ2v) is 4.64. The quantitative estimate of drug-likeness (QED) is 0.257. The Bertz CT molecular complexity index is 258. The van der Waals surface area contributed by atoms with Crippen LogP contribution in [0.25, 0.3) is 0 Å². The first-order valence-corrected chi connectivity index (χ1v) is 7.35. The highest BCUT2D eigenvalue weighted by molar-refractivity contribution is 5.79. The Labute approximate surface area is 124 Å². The van der Waals surface area contributed by atoms with Gasteiger partial charge in [-0.05, 0) is 19.3 Å². The third kappa shape index (κ3) is 10.8. The van der Waals surface area contributed by atoms with Crippen LogP contribution < -0.4 is 5.32 Å². The van der Waals surface area contributed by atoms with E-state index in [2.05, 4.69) is 28.8 Å². The average molecular weight is 285 g/mol. The van der Waals surface area contributed by atoms with Crippen LogP contribution in [0.2, 0.25) is 0 Å². The number of ether oxygens (including phenoxy) is 2. The molecule has 0 fully saturated rings. The second kappa shape index (κ2) is 14.3. The maximum atomic E-state index is 5.40. The van der Waals surface area contributed by atoms with E-state index < -0.39 is 0 Å². The second-order valence-electron chi connectivity index (χ2n) is 4.64. The van der Waals surface area contributed by atoms with Crippen molar-refractivity contribution in [2.75, 3.05) is 54.1 Å². The molecule has 1 N–H and O–H groups in total. The van der Waals surface area contributed by atoms with Crippen LogP contribution in [0.4, 0.5) is 0 Å². The Hall–Kier alpha value is -1.07. The number of hydrogen-bond donors (Lipinski definition) is 1. The molecule has 0 aliphatic heterocycles. The zero-order valence-corrected chi connectivity index (χ0v) is 13.4. The summed E-state index contributed by atoms with van der Waals surface area (Å²) < 4.78 is 10.3. The van der Waals surface area contributed by atoms with Gasteiger partial charge in [-0.1, -0.05) is 12.5 Å². The SMILES string of the molecule is C=CCCCCCN(C)C(=NC)NCCOCCOC. The van der Waals surface area contributed by atoms with Gasteiger partial charge in [0.1, 0.15) is 0 Å². The highest BCUT2D eigenvalue weighted by atomic mass is 16.5. The monoisotopic (exact) mass is 285 g/mol. The van der Waals surface area contributed by atoms with E-state index in [9.17, 15) is 0 Å². The van der Waals surface area contributed by atoms with Crippen molar-refractivity contribution in [2.24, 2.45) is 4.99 Å². The zero-order chi connectivity index (χ0) is 15.1. The maximum Gasteiger partial charge on any atom is 0.193 e. The minimum absolute atomic E-state index is 0.635. The van der Waals surface area contributed by atoms with Crippen LogP contribution in [0.1, 0.15) is 25.7 Å². The van der Waals surface area contributed by atoms with E-state index in [0.717, 1.165) is 25.5 Å². The topological polar surface area (TPSA) is 46.1 Å². The van der Waals surface area contributed by atoms with Gasteiger partial charge in [0.15, 0.2) is 5.96 Å². The molecule has 0 aromatic heterocycles. The zero-order valence-electron chi connectivity index (χ0n) is 13.4. The van der Waals surface area contributed by atoms with Crippen LogP contribution in [0, 0.1) is 0 Å². The summed E-state index contributed by atoms with van der Waals surface area (Å²) in [6, 6.07) is 0. The summed E-state index contributed by atoms with van der Waals surface area (Å²) in [6.45, 7) is 7.45. The first-order valence-electron chi connectivity index (χ1n) is 7.35. The smallest absolute Gasteiger partial charge is 0.193 e. The minimum Gasteiger partial charge on any atom is -0.382 e. The Morgan fingerprint density at radius 3 is 2.70 bits per heavy atom. The number of aliphatic imine (C=N–C) groups is 1. The first kappa shape index (κ1) is 18.9. The highest BCUT2D eigenvalue weighted by Gasteiger charge is 2.04. The fourth-order valence-corrected chi connectivity index (χ4v) is 1.78. The molecule has 5 nitrogen and oxygen atoms in total. The number of rotatable bonds is 12. The van der Waals surface area contributed by atoms with Gasteiger partial charge in [0, 0.05) is 34.3 Å². The summed E-state index contributed by atoms with van der Waals surface area (Å²) in [4.78, 5) is 6.43. The van der Waals surface area contributed by atoms with Crippen molar-refractivity contribution < 1.29 is 9.47 Å². The maximum absolute atomic E-state index is 5.40. The molecule has 118 valence electrons. The molecule has 0 spiro atoms. The van der Waals surface area contributed by atoms with Crippen molar-refractivity contribution in [1.82, 2.24) is 10.2 Å². The molecule has 0 aromatic carbocycles. The molecule has 20 heavy (non-hydrogen) atoms. The molecule has 0 aliphatic carbocycles. The lowest BCUT2D eigenvalue weighted by atomic mass is 10.2. The number of unbranched alkanes of at least 4 members (excludes halogenated alkanes) is 3. The summed E-state index contributed by atoms with van der Waals surface area (Å²) in [5, 5.41) is 3.29. The predicted octanol–water partition coefficient (Wildman–Crippen LogP) is 1.90. The summed E-state index contributed by atoms with van der Waals surface area (Å²) in [7, 11) is 5.55. The van der Waals surface area contributed by atoms with E-state index in [1.165, 1.54) is 19.3 Å². The van der Waals surface area contributed by atoms with Gasteiger partial charge in [0.05, 0.1) is 19.8 Å². The highest BCUT2D eigenvalue weighted by Crippen LogP contribution is 2.01. The van der Waals surface area contributed by atoms with Crippen molar-refractivity contribution in [3.8, 4) is 0 Å². The molecule has 0 saturated heterocycles. The Balaban J connectivity index is 3.64. The van der Waals surface area contributed by atoms with Crippen molar-refractivity contribution >= 4 is 5.96 Å². The Morgan fingerprint density at radius 2 is 2.05 bits per heavy atom. The summed E-state index contributed by atoms with van der Waals surface area (Å²) in [6.07, 6.45) is 6.71. The molecule has 0 saturated carbocycles. The summed E-state index contributed by atoms with van der Waals surface area (Å²) in [5.41, 5.74) is 0. The molecular weight excluding hydrogens is 254 g/mol. The van der Waals surface area contributed by atoms with Gasteiger partial charge in [-0.25, -0.2) is 0 Å².